The van der Waals surface area contributed by atoms with E-state index in [1.54, 1.807) is 6.07 Å². The number of primary sulfonamides is 1. The number of hydrogen-bond donors (Lipinski definition) is 2. The van der Waals surface area contributed by atoms with Gasteiger partial charge in [0.1, 0.15) is 10.6 Å². The quantitative estimate of drug-likeness (QED) is 0.840. The molecule has 7 nitrogen and oxygen atoms in total. The molecule has 0 unspecified atom stereocenters. The molecule has 2 rings (SSSR count). The van der Waals surface area contributed by atoms with Gasteiger partial charge in [0, 0.05) is 12.1 Å². The van der Waals surface area contributed by atoms with Gasteiger partial charge in [-0.2, -0.15) is 0 Å². The van der Waals surface area contributed by atoms with Gasteiger partial charge in [0.2, 0.25) is 10.0 Å². The minimum atomic E-state index is -4.14. The van der Waals surface area contributed by atoms with E-state index in [9.17, 15) is 16.8 Å². The minimum Gasteiger partial charge on any atom is -0.497 e. The number of sulfonamides is 2. The van der Waals surface area contributed by atoms with E-state index in [0.29, 0.717) is 0 Å². The Balaban J connectivity index is 2.50. The second-order valence-corrected chi connectivity index (χ2v) is 7.42. The van der Waals surface area contributed by atoms with Gasteiger partial charge >= 0.3 is 0 Å². The van der Waals surface area contributed by atoms with Crippen LogP contribution in [0.4, 0.5) is 5.69 Å². The van der Waals surface area contributed by atoms with Gasteiger partial charge in [0.05, 0.1) is 17.7 Å². The number of hydrogen-bond acceptors (Lipinski definition) is 5. The third-order valence-corrected chi connectivity index (χ3v) is 4.98. The summed E-state index contributed by atoms with van der Waals surface area (Å²) in [6.07, 6.45) is 0. The van der Waals surface area contributed by atoms with E-state index in [2.05, 4.69) is 10.8 Å². The first-order chi connectivity index (χ1) is 10.2. The maximum absolute atomic E-state index is 12.2. The number of nitrogens with two attached hydrogens (primary N) is 1. The third-order valence-electron chi connectivity index (χ3n) is 2.71. The summed E-state index contributed by atoms with van der Waals surface area (Å²) in [4.78, 5) is -0.502. The Kier molecular flexibility index (Phi) is 4.40. The molecule has 0 saturated heterocycles. The van der Waals surface area contributed by atoms with Crippen molar-refractivity contribution in [3.8, 4) is 5.75 Å². The molecule has 9 heteroatoms. The van der Waals surface area contributed by atoms with E-state index in [4.69, 9.17) is 9.88 Å². The van der Waals surface area contributed by atoms with E-state index >= 15 is 0 Å². The Morgan fingerprint density at radius 3 is 2.41 bits per heavy atom. The van der Waals surface area contributed by atoms with Crippen LogP contribution in [0.2, 0.25) is 0 Å². The van der Waals surface area contributed by atoms with Crippen LogP contribution in [0.3, 0.4) is 0 Å². The van der Waals surface area contributed by atoms with Crippen molar-refractivity contribution in [1.29, 1.82) is 0 Å². The zero-order chi connectivity index (χ0) is 16.4. The fourth-order valence-corrected chi connectivity index (χ4v) is 3.52. The Hall–Kier alpha value is -2.10. The molecule has 2 aromatic carbocycles. The molecule has 117 valence electrons. The van der Waals surface area contributed by atoms with Gasteiger partial charge in [-0.3, -0.25) is 4.72 Å². The molecule has 0 aliphatic heterocycles. The fourth-order valence-electron chi connectivity index (χ4n) is 1.69. The lowest BCUT2D eigenvalue weighted by Gasteiger charge is -2.12. The average molecular weight is 341 g/mol. The molecule has 0 amide bonds. The largest absolute Gasteiger partial charge is 0.497 e. The Morgan fingerprint density at radius 1 is 1.14 bits per heavy atom. The van der Waals surface area contributed by atoms with E-state index in [-0.39, 0.29) is 21.2 Å². The summed E-state index contributed by atoms with van der Waals surface area (Å²) in [5.74, 6) is 0.234. The van der Waals surface area contributed by atoms with E-state index in [1.807, 2.05) is 0 Å². The molecule has 0 bridgehead atoms. The zero-order valence-corrected chi connectivity index (χ0v) is 13.1. The Bertz CT molecular complexity index is 878. The molecule has 0 saturated carbocycles. The Labute approximate surface area is 128 Å². The second kappa shape index (κ2) is 5.95. The molecule has 0 aliphatic rings. The number of benzene rings is 2. The summed E-state index contributed by atoms with van der Waals surface area (Å²) in [6, 6.07) is 12.3. The molecule has 0 atom stereocenters. The van der Waals surface area contributed by atoms with Crippen molar-refractivity contribution >= 4 is 25.7 Å². The second-order valence-electron chi connectivity index (χ2n) is 4.24. The predicted octanol–water partition coefficient (Wildman–Crippen LogP) is 0.944. The molecule has 0 spiro atoms. The lowest BCUT2D eigenvalue weighted by atomic mass is 10.3. The van der Waals surface area contributed by atoms with Gasteiger partial charge in [-0.1, -0.05) is 18.2 Å². The lowest BCUT2D eigenvalue weighted by Crippen LogP contribution is -2.19. The maximum Gasteiger partial charge on any atom is 0.262 e. The van der Waals surface area contributed by atoms with Crippen molar-refractivity contribution < 1.29 is 21.6 Å². The van der Waals surface area contributed by atoms with Crippen molar-refractivity contribution in [3.05, 3.63) is 48.5 Å². The number of nitrogens with one attached hydrogen (secondary N) is 1. The molecule has 0 heterocycles. The van der Waals surface area contributed by atoms with Crippen molar-refractivity contribution in [2.24, 2.45) is 5.14 Å². The summed E-state index contributed by atoms with van der Waals surface area (Å²) < 4.78 is 54.8. The van der Waals surface area contributed by atoms with E-state index < -0.39 is 20.0 Å². The first-order valence-electron chi connectivity index (χ1n) is 5.94. The number of rotatable bonds is 5. The van der Waals surface area contributed by atoms with Crippen LogP contribution in [0, 0.1) is 6.07 Å². The van der Waals surface area contributed by atoms with Crippen molar-refractivity contribution in [3.63, 3.8) is 0 Å². The van der Waals surface area contributed by atoms with Crippen LogP contribution < -0.4 is 14.6 Å². The van der Waals surface area contributed by atoms with Crippen LogP contribution >= 0.6 is 0 Å². The van der Waals surface area contributed by atoms with Gasteiger partial charge in [-0.15, -0.1) is 0 Å². The van der Waals surface area contributed by atoms with Crippen LogP contribution in [0.5, 0.6) is 5.75 Å². The van der Waals surface area contributed by atoms with Gasteiger partial charge < -0.3 is 4.74 Å². The SMILES string of the molecule is COc1ccc(NS(=O)(=O)c2[c]cccc2)c(S(N)(=O)=O)c1. The molecule has 3 N–H and O–H groups in total. The molecular formula is C13H13N2O5S2. The normalized spacial score (nSPS) is 11.9. The van der Waals surface area contributed by atoms with Gasteiger partial charge in [0.15, 0.2) is 0 Å². The van der Waals surface area contributed by atoms with Crippen LogP contribution in [-0.2, 0) is 20.0 Å². The molecular weight excluding hydrogens is 328 g/mol. The molecule has 1 radical (unpaired) electrons. The average Bonchev–Trinajstić information content (AvgIpc) is 2.47. The maximum atomic E-state index is 12.2. The summed E-state index contributed by atoms with van der Waals surface area (Å²) in [5.41, 5.74) is -0.166. The third kappa shape index (κ3) is 3.56. The number of methoxy groups -OCH3 is 1. The number of ether oxygens (including phenoxy) is 1. The zero-order valence-electron chi connectivity index (χ0n) is 11.5. The van der Waals surface area contributed by atoms with Crippen LogP contribution in [0.15, 0.2) is 52.3 Å². The van der Waals surface area contributed by atoms with Gasteiger partial charge in [-0.25, -0.2) is 22.0 Å². The van der Waals surface area contributed by atoms with Crippen molar-refractivity contribution in [2.45, 2.75) is 9.79 Å². The van der Waals surface area contributed by atoms with Crippen molar-refractivity contribution in [2.75, 3.05) is 11.8 Å². The topological polar surface area (TPSA) is 116 Å². The summed E-state index contributed by atoms with van der Waals surface area (Å²) in [7, 11) is -6.77. The van der Waals surface area contributed by atoms with Crippen molar-refractivity contribution in [1.82, 2.24) is 0 Å². The highest BCUT2D eigenvalue weighted by Gasteiger charge is 2.21. The van der Waals surface area contributed by atoms with E-state index in [1.165, 1.54) is 37.4 Å². The highest BCUT2D eigenvalue weighted by molar-refractivity contribution is 7.93. The molecule has 0 aromatic heterocycles. The number of anilines is 1. The Morgan fingerprint density at radius 2 is 1.86 bits per heavy atom. The fraction of sp³-hybridized carbons (Fsp3) is 0.0769. The summed E-state index contributed by atoms with van der Waals surface area (Å²) >= 11 is 0. The minimum absolute atomic E-state index is 0.119. The molecule has 0 aliphatic carbocycles. The van der Waals surface area contributed by atoms with Gasteiger partial charge in [-0.05, 0) is 18.2 Å². The smallest absolute Gasteiger partial charge is 0.262 e. The van der Waals surface area contributed by atoms with E-state index in [0.717, 1.165) is 6.07 Å². The summed E-state index contributed by atoms with van der Waals surface area (Å²) in [5, 5.41) is 5.11. The molecule has 2 aromatic rings. The lowest BCUT2D eigenvalue weighted by molar-refractivity contribution is 0.413. The van der Waals surface area contributed by atoms with Crippen LogP contribution in [0.1, 0.15) is 0 Å². The predicted molar refractivity (Wildman–Crippen MR) is 80.5 cm³/mol. The van der Waals surface area contributed by atoms with Crippen LogP contribution in [-0.4, -0.2) is 23.9 Å². The highest BCUT2D eigenvalue weighted by atomic mass is 32.2. The molecule has 0 fully saturated rings. The van der Waals surface area contributed by atoms with Crippen LogP contribution in [0.25, 0.3) is 0 Å². The highest BCUT2D eigenvalue weighted by Crippen LogP contribution is 2.27. The van der Waals surface area contributed by atoms with Gasteiger partial charge in [0.25, 0.3) is 10.0 Å². The monoisotopic (exact) mass is 341 g/mol. The molecule has 22 heavy (non-hydrogen) atoms. The first-order valence-corrected chi connectivity index (χ1v) is 8.97. The standard InChI is InChI=1S/C13H13N2O5S2/c1-20-10-7-8-12(13(9-10)21(14,16)17)15-22(18,19)11-5-3-2-4-6-11/h2-5,7-9,15H,1H3,(H2,14,16,17). The summed E-state index contributed by atoms with van der Waals surface area (Å²) in [6.45, 7) is 0. The first kappa shape index (κ1) is 16.3.